The summed E-state index contributed by atoms with van der Waals surface area (Å²) in [4.78, 5) is 12.0. The molecule has 1 aromatic heterocycles. The summed E-state index contributed by atoms with van der Waals surface area (Å²) in [5, 5.41) is 16.0. The second kappa shape index (κ2) is 7.15. The van der Waals surface area contributed by atoms with Crippen LogP contribution in [0.25, 0.3) is 0 Å². The van der Waals surface area contributed by atoms with Crippen LogP contribution in [0.5, 0.6) is 0 Å². The maximum atomic E-state index is 12.0. The van der Waals surface area contributed by atoms with Crippen molar-refractivity contribution in [1.29, 1.82) is 0 Å². The third kappa shape index (κ3) is 4.24. The normalized spacial score (nSPS) is 24.5. The second-order valence-electron chi connectivity index (χ2n) is 6.18. The van der Waals surface area contributed by atoms with E-state index in [0.717, 1.165) is 31.4 Å². The minimum Gasteiger partial charge on any atom is -0.463 e. The van der Waals surface area contributed by atoms with Crippen LogP contribution in [0.15, 0.2) is 16.5 Å². The minimum absolute atomic E-state index is 0.0227. The summed E-state index contributed by atoms with van der Waals surface area (Å²) >= 11 is 0. The zero-order chi connectivity index (χ0) is 16.2. The summed E-state index contributed by atoms with van der Waals surface area (Å²) < 4.78 is 10.8. The number of amides is 2. The Morgan fingerprint density at radius 2 is 2.18 bits per heavy atom. The molecule has 0 bridgehead atoms. The smallest absolute Gasteiger partial charge is 0.315 e. The molecule has 2 rings (SSSR count). The third-order valence-electron chi connectivity index (χ3n) is 4.19. The van der Waals surface area contributed by atoms with Gasteiger partial charge < -0.3 is 24.9 Å². The summed E-state index contributed by atoms with van der Waals surface area (Å²) in [6.07, 6.45) is 4.16. The van der Waals surface area contributed by atoms with E-state index in [1.807, 2.05) is 6.92 Å². The lowest BCUT2D eigenvalue weighted by Crippen LogP contribution is -2.51. The number of carbonyl (C=O) groups is 1. The molecule has 1 aliphatic rings. The molecular weight excluding hydrogens is 284 g/mol. The predicted octanol–water partition coefficient (Wildman–Crippen LogP) is 2.05. The van der Waals surface area contributed by atoms with Crippen LogP contribution in [0.4, 0.5) is 4.79 Å². The fourth-order valence-corrected chi connectivity index (χ4v) is 2.83. The Kier molecular flexibility index (Phi) is 5.47. The third-order valence-corrected chi connectivity index (χ3v) is 4.19. The monoisotopic (exact) mass is 310 g/mol. The molecule has 1 aromatic rings. The van der Waals surface area contributed by atoms with Gasteiger partial charge in [-0.25, -0.2) is 4.79 Å². The number of furan rings is 1. The van der Waals surface area contributed by atoms with Crippen molar-refractivity contribution in [1.82, 2.24) is 10.6 Å². The molecule has 3 atom stereocenters. The van der Waals surface area contributed by atoms with Crippen LogP contribution in [0.2, 0.25) is 0 Å². The number of nitrogens with one attached hydrogen (secondary N) is 2. The molecule has 1 aliphatic carbocycles. The van der Waals surface area contributed by atoms with Crippen LogP contribution in [0.1, 0.15) is 44.1 Å². The number of rotatable bonds is 5. The lowest BCUT2D eigenvalue weighted by Gasteiger charge is -2.31. The van der Waals surface area contributed by atoms with Crippen LogP contribution in [-0.4, -0.2) is 36.9 Å². The van der Waals surface area contributed by atoms with E-state index in [1.165, 1.54) is 0 Å². The van der Waals surface area contributed by atoms with E-state index in [9.17, 15) is 9.90 Å². The van der Waals surface area contributed by atoms with Gasteiger partial charge in [-0.15, -0.1) is 0 Å². The SMILES string of the molecule is COC1CCCCC1NC(=O)NCC(C)(O)c1ccc(C)o1. The van der Waals surface area contributed by atoms with E-state index < -0.39 is 5.60 Å². The molecular formula is C16H26N2O4. The van der Waals surface area contributed by atoms with Gasteiger partial charge in [0.1, 0.15) is 17.1 Å². The number of carbonyl (C=O) groups excluding carboxylic acids is 1. The van der Waals surface area contributed by atoms with Gasteiger partial charge in [0.2, 0.25) is 0 Å². The van der Waals surface area contributed by atoms with E-state index in [2.05, 4.69) is 10.6 Å². The highest BCUT2D eigenvalue weighted by Crippen LogP contribution is 2.22. The zero-order valence-electron chi connectivity index (χ0n) is 13.5. The molecule has 0 aliphatic heterocycles. The lowest BCUT2D eigenvalue weighted by molar-refractivity contribution is 0.0330. The molecule has 1 heterocycles. The van der Waals surface area contributed by atoms with E-state index in [-0.39, 0.29) is 24.7 Å². The first-order valence-electron chi connectivity index (χ1n) is 7.79. The van der Waals surface area contributed by atoms with Gasteiger partial charge in [0.15, 0.2) is 0 Å². The van der Waals surface area contributed by atoms with Crippen molar-refractivity contribution in [3.8, 4) is 0 Å². The average Bonchev–Trinajstić information content (AvgIpc) is 2.93. The molecule has 124 valence electrons. The van der Waals surface area contributed by atoms with Crippen molar-refractivity contribution in [2.75, 3.05) is 13.7 Å². The van der Waals surface area contributed by atoms with Gasteiger partial charge in [-0.05, 0) is 38.8 Å². The molecule has 0 aromatic carbocycles. The molecule has 22 heavy (non-hydrogen) atoms. The first kappa shape index (κ1) is 16.8. The lowest BCUT2D eigenvalue weighted by atomic mass is 9.92. The quantitative estimate of drug-likeness (QED) is 0.777. The molecule has 3 unspecified atom stereocenters. The van der Waals surface area contributed by atoms with Crippen LogP contribution in [-0.2, 0) is 10.3 Å². The van der Waals surface area contributed by atoms with E-state index >= 15 is 0 Å². The molecule has 1 saturated carbocycles. The summed E-state index contributed by atoms with van der Waals surface area (Å²) in [6.45, 7) is 3.51. The Hall–Kier alpha value is -1.53. The van der Waals surface area contributed by atoms with Gasteiger partial charge in [0.25, 0.3) is 0 Å². The van der Waals surface area contributed by atoms with Crippen molar-refractivity contribution in [2.24, 2.45) is 0 Å². The maximum Gasteiger partial charge on any atom is 0.315 e. The van der Waals surface area contributed by atoms with Crippen LogP contribution in [0.3, 0.4) is 0 Å². The van der Waals surface area contributed by atoms with Gasteiger partial charge in [0, 0.05) is 7.11 Å². The first-order valence-corrected chi connectivity index (χ1v) is 7.79. The van der Waals surface area contributed by atoms with Crippen molar-refractivity contribution in [3.63, 3.8) is 0 Å². The molecule has 0 radical (unpaired) electrons. The highest BCUT2D eigenvalue weighted by molar-refractivity contribution is 5.74. The summed E-state index contributed by atoms with van der Waals surface area (Å²) in [5.74, 6) is 1.17. The Morgan fingerprint density at radius 1 is 1.45 bits per heavy atom. The maximum absolute atomic E-state index is 12.0. The van der Waals surface area contributed by atoms with E-state index in [1.54, 1.807) is 26.2 Å². The summed E-state index contributed by atoms with van der Waals surface area (Å²) in [7, 11) is 1.67. The van der Waals surface area contributed by atoms with Crippen molar-refractivity contribution in [2.45, 2.75) is 57.3 Å². The number of hydrogen-bond donors (Lipinski definition) is 3. The van der Waals surface area contributed by atoms with Crippen LogP contribution < -0.4 is 10.6 Å². The number of urea groups is 1. The topological polar surface area (TPSA) is 83.7 Å². The van der Waals surface area contributed by atoms with Gasteiger partial charge in [-0.3, -0.25) is 0 Å². The molecule has 3 N–H and O–H groups in total. The molecule has 6 heteroatoms. The summed E-state index contributed by atoms with van der Waals surface area (Å²) in [5.41, 5.74) is -1.24. The molecule has 0 spiro atoms. The van der Waals surface area contributed by atoms with Gasteiger partial charge in [0.05, 0.1) is 18.7 Å². The Balaban J connectivity index is 1.84. The number of ether oxygens (including phenoxy) is 1. The predicted molar refractivity (Wildman–Crippen MR) is 82.6 cm³/mol. The Bertz CT molecular complexity index is 498. The molecule has 1 fully saturated rings. The second-order valence-corrected chi connectivity index (χ2v) is 6.18. The van der Waals surface area contributed by atoms with Gasteiger partial charge in [-0.2, -0.15) is 0 Å². The standard InChI is InChI=1S/C16H26N2O4/c1-11-8-9-14(22-11)16(2,20)10-17-15(19)18-12-6-4-5-7-13(12)21-3/h8-9,12-13,20H,4-7,10H2,1-3H3,(H2,17,18,19). The van der Waals surface area contributed by atoms with Gasteiger partial charge >= 0.3 is 6.03 Å². The highest BCUT2D eigenvalue weighted by Gasteiger charge is 2.29. The number of hydrogen-bond acceptors (Lipinski definition) is 4. The summed E-state index contributed by atoms with van der Waals surface area (Å²) in [6, 6.07) is 3.23. The minimum atomic E-state index is -1.24. The largest absolute Gasteiger partial charge is 0.463 e. The van der Waals surface area contributed by atoms with Crippen molar-refractivity contribution in [3.05, 3.63) is 23.7 Å². The van der Waals surface area contributed by atoms with Crippen LogP contribution in [0, 0.1) is 6.92 Å². The van der Waals surface area contributed by atoms with E-state index in [4.69, 9.17) is 9.15 Å². The fourth-order valence-electron chi connectivity index (χ4n) is 2.83. The number of aliphatic hydroxyl groups is 1. The molecule has 0 saturated heterocycles. The van der Waals surface area contributed by atoms with Crippen molar-refractivity contribution >= 4 is 6.03 Å². The van der Waals surface area contributed by atoms with E-state index in [0.29, 0.717) is 5.76 Å². The number of aryl methyl sites for hydroxylation is 1. The average molecular weight is 310 g/mol. The Morgan fingerprint density at radius 3 is 2.82 bits per heavy atom. The first-order chi connectivity index (χ1) is 10.4. The van der Waals surface area contributed by atoms with Gasteiger partial charge in [-0.1, -0.05) is 12.8 Å². The highest BCUT2D eigenvalue weighted by atomic mass is 16.5. The Labute approximate surface area is 131 Å². The fraction of sp³-hybridized carbons (Fsp3) is 0.688. The van der Waals surface area contributed by atoms with Crippen LogP contribution >= 0.6 is 0 Å². The zero-order valence-corrected chi connectivity index (χ0v) is 13.5. The number of methoxy groups -OCH3 is 1. The molecule has 6 nitrogen and oxygen atoms in total. The van der Waals surface area contributed by atoms with Crippen molar-refractivity contribution < 1.29 is 19.1 Å². The molecule has 2 amide bonds.